The third kappa shape index (κ3) is 3.17. The van der Waals surface area contributed by atoms with Crippen molar-refractivity contribution < 1.29 is 5.11 Å². The number of benzene rings is 2. The molecule has 0 bridgehead atoms. The van der Waals surface area contributed by atoms with Gasteiger partial charge in [0.25, 0.3) is 0 Å². The Kier molecular flexibility index (Phi) is 5.09. The number of aliphatic hydroxyl groups is 1. The molecule has 1 N–H and O–H groups in total. The van der Waals surface area contributed by atoms with Crippen molar-refractivity contribution in [1.82, 2.24) is 0 Å². The third-order valence-electron chi connectivity index (χ3n) is 3.56. The molecule has 2 aromatic carbocycles. The summed E-state index contributed by atoms with van der Waals surface area (Å²) in [6.45, 7) is 4.26. The van der Waals surface area contributed by atoms with Crippen molar-refractivity contribution in [3.8, 4) is 0 Å². The van der Waals surface area contributed by atoms with Gasteiger partial charge in [-0.3, -0.25) is 0 Å². The van der Waals surface area contributed by atoms with Gasteiger partial charge >= 0.3 is 0 Å². The van der Waals surface area contributed by atoms with E-state index in [1.807, 2.05) is 6.07 Å². The maximum absolute atomic E-state index is 10.5. The summed E-state index contributed by atoms with van der Waals surface area (Å²) in [6.07, 6.45) is 1.23. The Labute approximate surface area is 130 Å². The summed E-state index contributed by atoms with van der Waals surface area (Å²) in [4.78, 5) is 0. The van der Waals surface area contributed by atoms with Crippen molar-refractivity contribution in [2.45, 2.75) is 32.8 Å². The minimum Gasteiger partial charge on any atom is -0.384 e. The SMILES string of the molecule is CCc1ccc(C(O)c2ccc(Cl)cc2Cl)cc1CC. The molecule has 20 heavy (non-hydrogen) atoms. The van der Waals surface area contributed by atoms with Gasteiger partial charge < -0.3 is 5.11 Å². The molecular formula is C17H18Cl2O. The third-order valence-corrected chi connectivity index (χ3v) is 4.13. The molecule has 0 fully saturated rings. The summed E-state index contributed by atoms with van der Waals surface area (Å²) in [5.74, 6) is 0. The minimum atomic E-state index is -0.726. The highest BCUT2D eigenvalue weighted by Gasteiger charge is 2.15. The Morgan fingerprint density at radius 1 is 0.950 bits per heavy atom. The van der Waals surface area contributed by atoms with Crippen molar-refractivity contribution in [1.29, 1.82) is 0 Å². The lowest BCUT2D eigenvalue weighted by atomic mass is 9.95. The first-order chi connectivity index (χ1) is 9.56. The van der Waals surface area contributed by atoms with Crippen molar-refractivity contribution in [3.63, 3.8) is 0 Å². The van der Waals surface area contributed by atoms with Crippen LogP contribution in [0.25, 0.3) is 0 Å². The van der Waals surface area contributed by atoms with E-state index in [0.29, 0.717) is 15.6 Å². The Bertz CT molecular complexity index is 608. The average Bonchev–Trinajstić information content (AvgIpc) is 2.45. The van der Waals surface area contributed by atoms with E-state index in [0.717, 1.165) is 18.4 Å². The highest BCUT2D eigenvalue weighted by molar-refractivity contribution is 6.35. The Morgan fingerprint density at radius 2 is 1.65 bits per heavy atom. The lowest BCUT2D eigenvalue weighted by Gasteiger charge is -2.16. The quantitative estimate of drug-likeness (QED) is 0.823. The van der Waals surface area contributed by atoms with Gasteiger partial charge in [0.15, 0.2) is 0 Å². The number of rotatable bonds is 4. The van der Waals surface area contributed by atoms with E-state index >= 15 is 0 Å². The van der Waals surface area contributed by atoms with Crippen molar-refractivity contribution >= 4 is 23.2 Å². The van der Waals surface area contributed by atoms with Crippen molar-refractivity contribution in [2.24, 2.45) is 0 Å². The van der Waals surface area contributed by atoms with Crippen molar-refractivity contribution in [2.75, 3.05) is 0 Å². The summed E-state index contributed by atoms with van der Waals surface area (Å²) in [7, 11) is 0. The number of hydrogen-bond acceptors (Lipinski definition) is 1. The van der Waals surface area contributed by atoms with Gasteiger partial charge in [0.2, 0.25) is 0 Å². The molecule has 0 spiro atoms. The predicted octanol–water partition coefficient (Wildman–Crippen LogP) is 5.20. The molecule has 1 atom stereocenters. The molecule has 2 rings (SSSR count). The maximum atomic E-state index is 10.5. The monoisotopic (exact) mass is 308 g/mol. The summed E-state index contributed by atoms with van der Waals surface area (Å²) < 4.78 is 0. The molecule has 0 aliphatic rings. The van der Waals surface area contributed by atoms with Gasteiger partial charge in [-0.2, -0.15) is 0 Å². The highest BCUT2D eigenvalue weighted by atomic mass is 35.5. The van der Waals surface area contributed by atoms with Crippen LogP contribution in [0.1, 0.15) is 42.2 Å². The van der Waals surface area contributed by atoms with Gasteiger partial charge in [0, 0.05) is 15.6 Å². The van der Waals surface area contributed by atoms with Crippen LogP contribution in [-0.4, -0.2) is 5.11 Å². The molecule has 0 saturated carbocycles. The fourth-order valence-electron chi connectivity index (χ4n) is 2.39. The second-order valence-electron chi connectivity index (χ2n) is 4.80. The molecular weight excluding hydrogens is 291 g/mol. The molecule has 2 aromatic rings. The topological polar surface area (TPSA) is 20.2 Å². The average molecular weight is 309 g/mol. The first-order valence-electron chi connectivity index (χ1n) is 6.81. The van der Waals surface area contributed by atoms with Gasteiger partial charge in [-0.1, -0.05) is 61.3 Å². The van der Waals surface area contributed by atoms with Crippen LogP contribution >= 0.6 is 23.2 Å². The van der Waals surface area contributed by atoms with E-state index in [1.165, 1.54) is 11.1 Å². The summed E-state index contributed by atoms with van der Waals surface area (Å²) in [5.41, 5.74) is 4.14. The van der Waals surface area contributed by atoms with Gasteiger partial charge in [-0.15, -0.1) is 0 Å². The largest absolute Gasteiger partial charge is 0.384 e. The first kappa shape index (κ1) is 15.4. The molecule has 3 heteroatoms. The summed E-state index contributed by atoms with van der Waals surface area (Å²) >= 11 is 12.1. The van der Waals surface area contributed by atoms with Crippen LogP contribution < -0.4 is 0 Å². The first-order valence-corrected chi connectivity index (χ1v) is 7.57. The Morgan fingerprint density at radius 3 is 2.25 bits per heavy atom. The zero-order chi connectivity index (χ0) is 14.7. The summed E-state index contributed by atoms with van der Waals surface area (Å²) in [6, 6.07) is 11.3. The van der Waals surface area contributed by atoms with E-state index in [2.05, 4.69) is 26.0 Å². The molecule has 0 amide bonds. The van der Waals surface area contributed by atoms with Crippen LogP contribution in [0.5, 0.6) is 0 Å². The zero-order valence-corrected chi connectivity index (χ0v) is 13.2. The van der Waals surface area contributed by atoms with Gasteiger partial charge in [-0.25, -0.2) is 0 Å². The smallest absolute Gasteiger partial charge is 0.105 e. The minimum absolute atomic E-state index is 0.489. The Balaban J connectivity index is 2.40. The molecule has 0 aromatic heterocycles. The van der Waals surface area contributed by atoms with Crippen molar-refractivity contribution in [3.05, 3.63) is 68.7 Å². The lowest BCUT2D eigenvalue weighted by Crippen LogP contribution is -2.03. The molecule has 1 unspecified atom stereocenters. The fourth-order valence-corrected chi connectivity index (χ4v) is 2.90. The van der Waals surface area contributed by atoms with Crippen LogP contribution in [0.3, 0.4) is 0 Å². The maximum Gasteiger partial charge on any atom is 0.105 e. The molecule has 106 valence electrons. The van der Waals surface area contributed by atoms with E-state index in [-0.39, 0.29) is 0 Å². The zero-order valence-electron chi connectivity index (χ0n) is 11.7. The number of aliphatic hydroxyl groups excluding tert-OH is 1. The van der Waals surface area contributed by atoms with Crippen LogP contribution in [0.15, 0.2) is 36.4 Å². The summed E-state index contributed by atoms with van der Waals surface area (Å²) in [5, 5.41) is 11.6. The van der Waals surface area contributed by atoms with Crippen LogP contribution in [0, 0.1) is 0 Å². The molecule has 0 saturated heterocycles. The van der Waals surface area contributed by atoms with Crippen LogP contribution in [0.2, 0.25) is 10.0 Å². The molecule has 0 aliphatic heterocycles. The predicted molar refractivity (Wildman–Crippen MR) is 85.7 cm³/mol. The molecule has 0 aliphatic carbocycles. The van der Waals surface area contributed by atoms with Gasteiger partial charge in [0.05, 0.1) is 0 Å². The van der Waals surface area contributed by atoms with Gasteiger partial charge in [0.1, 0.15) is 6.10 Å². The van der Waals surface area contributed by atoms with E-state index in [1.54, 1.807) is 18.2 Å². The fraction of sp³-hybridized carbons (Fsp3) is 0.294. The Hall–Kier alpha value is -1.02. The van der Waals surface area contributed by atoms with Crippen LogP contribution in [-0.2, 0) is 12.8 Å². The van der Waals surface area contributed by atoms with Gasteiger partial charge in [-0.05, 0) is 41.7 Å². The standard InChI is InChI=1S/C17H18Cl2O/c1-3-11-5-6-13(9-12(11)4-2)17(20)15-8-7-14(18)10-16(15)19/h5-10,17,20H,3-4H2,1-2H3. The number of hydrogen-bond donors (Lipinski definition) is 1. The number of halogens is 2. The number of aryl methyl sites for hydroxylation is 2. The molecule has 0 heterocycles. The molecule has 1 nitrogen and oxygen atoms in total. The lowest BCUT2D eigenvalue weighted by molar-refractivity contribution is 0.220. The highest BCUT2D eigenvalue weighted by Crippen LogP contribution is 2.31. The normalized spacial score (nSPS) is 12.4. The van der Waals surface area contributed by atoms with E-state index < -0.39 is 6.10 Å². The van der Waals surface area contributed by atoms with E-state index in [4.69, 9.17) is 23.2 Å². The second kappa shape index (κ2) is 6.62. The van der Waals surface area contributed by atoms with E-state index in [9.17, 15) is 5.11 Å². The van der Waals surface area contributed by atoms with Crippen LogP contribution in [0.4, 0.5) is 0 Å². The second-order valence-corrected chi connectivity index (χ2v) is 5.65. The molecule has 0 radical (unpaired) electrons.